The SMILES string of the molecule is O=C(C[C@H](c1ccccc1)n1cccc1)N1CC[C@]2(O)CCCC[C@H]2C1. The molecule has 1 saturated heterocycles. The van der Waals surface area contributed by atoms with Gasteiger partial charge in [-0.25, -0.2) is 0 Å². The molecule has 0 bridgehead atoms. The summed E-state index contributed by atoms with van der Waals surface area (Å²) < 4.78 is 2.12. The van der Waals surface area contributed by atoms with Gasteiger partial charge in [0.15, 0.2) is 0 Å². The van der Waals surface area contributed by atoms with Crippen molar-refractivity contribution in [2.45, 2.75) is 50.2 Å². The summed E-state index contributed by atoms with van der Waals surface area (Å²) in [5.74, 6) is 0.441. The Morgan fingerprint density at radius 3 is 2.65 bits per heavy atom. The van der Waals surface area contributed by atoms with Gasteiger partial charge < -0.3 is 14.6 Å². The summed E-state index contributed by atoms with van der Waals surface area (Å²) in [5, 5.41) is 10.9. The van der Waals surface area contributed by atoms with Gasteiger partial charge in [0.25, 0.3) is 0 Å². The number of benzene rings is 1. The van der Waals surface area contributed by atoms with Crippen molar-refractivity contribution in [1.82, 2.24) is 9.47 Å². The number of carbonyl (C=O) groups excluding carboxylic acids is 1. The molecule has 1 aliphatic heterocycles. The van der Waals surface area contributed by atoms with Crippen LogP contribution in [-0.4, -0.2) is 39.2 Å². The molecular formula is C22H28N2O2. The maximum absolute atomic E-state index is 13.1. The Hall–Kier alpha value is -2.07. The third kappa shape index (κ3) is 3.43. The highest BCUT2D eigenvalue weighted by atomic mass is 16.3. The number of likely N-dealkylation sites (tertiary alicyclic amines) is 1. The summed E-state index contributed by atoms with van der Waals surface area (Å²) in [5.41, 5.74) is 0.622. The van der Waals surface area contributed by atoms with Crippen molar-refractivity contribution in [2.24, 2.45) is 5.92 Å². The maximum Gasteiger partial charge on any atom is 0.225 e. The summed E-state index contributed by atoms with van der Waals surface area (Å²) in [4.78, 5) is 15.1. The van der Waals surface area contributed by atoms with Crippen LogP contribution in [-0.2, 0) is 4.79 Å². The average Bonchev–Trinajstić information content (AvgIpc) is 3.20. The fourth-order valence-corrected chi connectivity index (χ4v) is 4.72. The van der Waals surface area contributed by atoms with Gasteiger partial charge in [-0.2, -0.15) is 0 Å². The van der Waals surface area contributed by atoms with E-state index in [9.17, 15) is 9.90 Å². The topological polar surface area (TPSA) is 45.5 Å². The Morgan fingerprint density at radius 2 is 1.88 bits per heavy atom. The molecule has 0 radical (unpaired) electrons. The molecule has 0 unspecified atom stereocenters. The zero-order chi connectivity index (χ0) is 18.0. The van der Waals surface area contributed by atoms with E-state index in [0.717, 1.165) is 31.2 Å². The molecule has 1 saturated carbocycles. The molecule has 2 aromatic rings. The van der Waals surface area contributed by atoms with Crippen molar-refractivity contribution in [3.05, 3.63) is 60.4 Å². The van der Waals surface area contributed by atoms with E-state index in [4.69, 9.17) is 0 Å². The van der Waals surface area contributed by atoms with E-state index >= 15 is 0 Å². The summed E-state index contributed by atoms with van der Waals surface area (Å²) in [6, 6.07) is 14.3. The largest absolute Gasteiger partial charge is 0.389 e. The Bertz CT molecular complexity index is 728. The normalized spacial score (nSPS) is 27.0. The maximum atomic E-state index is 13.1. The molecule has 4 rings (SSSR count). The predicted molar refractivity (Wildman–Crippen MR) is 102 cm³/mol. The Balaban J connectivity index is 1.49. The van der Waals surface area contributed by atoms with Crippen LogP contribution < -0.4 is 0 Å². The first-order valence-electron chi connectivity index (χ1n) is 9.83. The van der Waals surface area contributed by atoms with Crippen LogP contribution in [0.2, 0.25) is 0 Å². The van der Waals surface area contributed by atoms with Gasteiger partial charge in [0.2, 0.25) is 5.91 Å². The number of aromatic nitrogens is 1. The van der Waals surface area contributed by atoms with Gasteiger partial charge >= 0.3 is 0 Å². The molecule has 1 aliphatic carbocycles. The third-order valence-electron chi connectivity index (χ3n) is 6.32. The fourth-order valence-electron chi connectivity index (χ4n) is 4.72. The van der Waals surface area contributed by atoms with Crippen molar-refractivity contribution >= 4 is 5.91 Å². The van der Waals surface area contributed by atoms with E-state index in [1.54, 1.807) is 0 Å². The zero-order valence-electron chi connectivity index (χ0n) is 15.3. The standard InChI is InChI=1S/C22H28N2O2/c25-21(24-15-12-22(26)11-5-4-10-19(22)17-24)16-20(23-13-6-7-14-23)18-8-2-1-3-9-18/h1-3,6-9,13-14,19-20,26H,4-5,10-12,15-17H2/t19-,20+,22+/m0/s1. The minimum absolute atomic E-state index is 0.0193. The Morgan fingerprint density at radius 1 is 1.12 bits per heavy atom. The lowest BCUT2D eigenvalue weighted by Gasteiger charge is -2.47. The van der Waals surface area contributed by atoms with Gasteiger partial charge in [-0.3, -0.25) is 4.79 Å². The van der Waals surface area contributed by atoms with Gasteiger partial charge in [-0.05, 0) is 37.0 Å². The van der Waals surface area contributed by atoms with Crippen LogP contribution >= 0.6 is 0 Å². The van der Waals surface area contributed by atoms with Crippen LogP contribution in [0.15, 0.2) is 54.9 Å². The second-order valence-corrected chi connectivity index (χ2v) is 7.90. The van der Waals surface area contributed by atoms with Crippen LogP contribution in [0.3, 0.4) is 0 Å². The molecule has 1 amide bonds. The van der Waals surface area contributed by atoms with Crippen molar-refractivity contribution in [1.29, 1.82) is 0 Å². The molecule has 1 aromatic carbocycles. The smallest absolute Gasteiger partial charge is 0.225 e. The third-order valence-corrected chi connectivity index (χ3v) is 6.32. The van der Waals surface area contributed by atoms with E-state index in [1.807, 2.05) is 47.6 Å². The number of nitrogens with zero attached hydrogens (tertiary/aromatic N) is 2. The summed E-state index contributed by atoms with van der Waals surface area (Å²) in [7, 11) is 0. The number of amides is 1. The molecule has 2 fully saturated rings. The van der Waals surface area contributed by atoms with Crippen molar-refractivity contribution in [3.8, 4) is 0 Å². The molecule has 1 N–H and O–H groups in total. The number of piperidine rings is 1. The van der Waals surface area contributed by atoms with Crippen LogP contribution in [0.1, 0.15) is 50.1 Å². The Kier molecular flexibility index (Phi) is 4.86. The molecule has 4 nitrogen and oxygen atoms in total. The van der Waals surface area contributed by atoms with Gasteiger partial charge in [-0.1, -0.05) is 43.2 Å². The van der Waals surface area contributed by atoms with Gasteiger partial charge in [0.05, 0.1) is 18.1 Å². The summed E-state index contributed by atoms with van der Waals surface area (Å²) >= 11 is 0. The molecule has 2 aliphatic rings. The van der Waals surface area contributed by atoms with Gasteiger partial charge in [-0.15, -0.1) is 0 Å². The summed E-state index contributed by atoms with van der Waals surface area (Å²) in [6.07, 6.45) is 9.47. The van der Waals surface area contributed by atoms with Crippen molar-refractivity contribution < 1.29 is 9.90 Å². The first kappa shape index (κ1) is 17.3. The van der Waals surface area contributed by atoms with Gasteiger partial charge in [0.1, 0.15) is 0 Å². The van der Waals surface area contributed by atoms with Crippen molar-refractivity contribution in [2.75, 3.05) is 13.1 Å². The molecule has 26 heavy (non-hydrogen) atoms. The van der Waals surface area contributed by atoms with E-state index in [1.165, 1.54) is 6.42 Å². The van der Waals surface area contributed by atoms with E-state index in [0.29, 0.717) is 19.5 Å². The number of fused-ring (bicyclic) bond motifs is 1. The lowest BCUT2D eigenvalue weighted by atomic mass is 9.71. The van der Waals surface area contributed by atoms with Gasteiger partial charge in [0, 0.05) is 31.4 Å². The quantitative estimate of drug-likeness (QED) is 0.913. The number of hydrogen-bond donors (Lipinski definition) is 1. The van der Waals surface area contributed by atoms with E-state index < -0.39 is 5.60 Å². The highest BCUT2D eigenvalue weighted by Gasteiger charge is 2.43. The average molecular weight is 352 g/mol. The first-order chi connectivity index (χ1) is 12.7. The number of carbonyl (C=O) groups is 1. The lowest BCUT2D eigenvalue weighted by molar-refractivity contribution is -0.143. The van der Waals surface area contributed by atoms with E-state index in [2.05, 4.69) is 16.7 Å². The molecule has 0 spiro atoms. The van der Waals surface area contributed by atoms with E-state index in [-0.39, 0.29) is 17.9 Å². The lowest BCUT2D eigenvalue weighted by Crippen LogP contribution is -2.54. The molecule has 4 heteroatoms. The summed E-state index contributed by atoms with van der Waals surface area (Å²) in [6.45, 7) is 1.39. The molecule has 138 valence electrons. The second-order valence-electron chi connectivity index (χ2n) is 7.90. The second kappa shape index (κ2) is 7.28. The molecule has 1 aromatic heterocycles. The highest BCUT2D eigenvalue weighted by Crippen LogP contribution is 2.40. The Labute approximate surface area is 155 Å². The first-order valence-corrected chi connectivity index (χ1v) is 9.83. The molecular weight excluding hydrogens is 324 g/mol. The predicted octanol–water partition coefficient (Wildman–Crippen LogP) is 3.62. The minimum Gasteiger partial charge on any atom is -0.389 e. The zero-order valence-corrected chi connectivity index (χ0v) is 15.3. The number of aliphatic hydroxyl groups is 1. The van der Waals surface area contributed by atoms with Crippen LogP contribution in [0.4, 0.5) is 0 Å². The highest BCUT2D eigenvalue weighted by molar-refractivity contribution is 5.77. The van der Waals surface area contributed by atoms with Crippen molar-refractivity contribution in [3.63, 3.8) is 0 Å². The van der Waals surface area contributed by atoms with Crippen LogP contribution in [0.5, 0.6) is 0 Å². The molecule has 3 atom stereocenters. The number of rotatable bonds is 4. The molecule has 2 heterocycles. The number of hydrogen-bond acceptors (Lipinski definition) is 2. The minimum atomic E-state index is -0.533. The van der Waals surface area contributed by atoms with Crippen LogP contribution in [0, 0.1) is 5.92 Å². The van der Waals surface area contributed by atoms with Crippen LogP contribution in [0.25, 0.3) is 0 Å². The fraction of sp³-hybridized carbons (Fsp3) is 0.500. The monoisotopic (exact) mass is 352 g/mol.